The molecule has 4 heteroatoms. The van der Waals surface area contributed by atoms with Gasteiger partial charge in [-0.2, -0.15) is 49.2 Å². The summed E-state index contributed by atoms with van der Waals surface area (Å²) in [4.78, 5) is 0. The van der Waals surface area contributed by atoms with E-state index in [2.05, 4.69) is 144 Å². The van der Waals surface area contributed by atoms with Gasteiger partial charge < -0.3 is 44.6 Å². The predicted octanol–water partition coefficient (Wildman–Crippen LogP) is 18.7. The zero-order valence-corrected chi connectivity index (χ0v) is 53.4. The molecule has 0 N–H and O–H groups in total. The summed E-state index contributed by atoms with van der Waals surface area (Å²) < 4.78 is 0. The van der Waals surface area contributed by atoms with E-state index in [1.165, 1.54) is 62.5 Å². The van der Waals surface area contributed by atoms with Crippen LogP contribution in [0, 0.1) is 201 Å². The van der Waals surface area contributed by atoms with E-state index in [-0.39, 0.29) is 202 Å². The van der Waals surface area contributed by atoms with Crippen LogP contribution in [0.25, 0.3) is 0 Å². The fourth-order valence-corrected chi connectivity index (χ4v) is 2.82. The molecule has 0 aliphatic rings. The van der Waals surface area contributed by atoms with Gasteiger partial charge in [0, 0.05) is 142 Å². The van der Waals surface area contributed by atoms with E-state index in [4.69, 9.17) is 0 Å². The van der Waals surface area contributed by atoms with Gasteiger partial charge in [0.1, 0.15) is 0 Å². The maximum absolute atomic E-state index is 3.72. The third-order valence-electron chi connectivity index (χ3n) is 4.45. The second-order valence-corrected chi connectivity index (χ2v) is 10.3. The fraction of sp³-hybridized carbons (Fsp3) is 0.385. The maximum Gasteiger partial charge on any atom is 0 e. The molecule has 4 aromatic carbocycles. The molecule has 0 aliphatic heterocycles. The molecule has 4 aromatic rings. The Kier molecular flexibility index (Phi) is 192. The molecule has 0 fully saturated rings. The second kappa shape index (κ2) is 101. The van der Waals surface area contributed by atoms with Crippen LogP contribution in [-0.4, -0.2) is 0 Å². The molecule has 4 radical (unpaired) electrons. The van der Waals surface area contributed by atoms with Crippen molar-refractivity contribution in [2.24, 2.45) is 0 Å². The summed E-state index contributed by atoms with van der Waals surface area (Å²) in [5.41, 5.74) is 5.03. The van der Waals surface area contributed by atoms with Crippen LogP contribution in [0.5, 0.6) is 0 Å². The van der Waals surface area contributed by atoms with E-state index in [0.29, 0.717) is 0 Å². The van der Waals surface area contributed by atoms with Crippen molar-refractivity contribution in [3.05, 3.63) is 202 Å². The summed E-state index contributed by atoms with van der Waals surface area (Å²) in [5, 5.41) is 0. The molecule has 0 saturated carbocycles. The Morgan fingerprint density at radius 1 is 0.304 bits per heavy atom. The van der Waals surface area contributed by atoms with Crippen molar-refractivity contribution in [3.8, 4) is 0 Å². The molecule has 0 aliphatic carbocycles. The Balaban J connectivity index is -0.0000000234. The van der Waals surface area contributed by atoms with Gasteiger partial charge in [0.05, 0.1) is 0 Å². The molecule has 0 bridgehead atoms. The third-order valence-corrected chi connectivity index (χ3v) is 4.45. The average Bonchev–Trinajstić information content (AvgIpc) is 3.02. The molecule has 56 heavy (non-hydrogen) atoms. The largest absolute Gasteiger partial charge is 0.358 e. The molecule has 0 unspecified atom stereocenters. The Morgan fingerprint density at radius 3 is 0.554 bits per heavy atom. The zero-order valence-electron chi connectivity index (χ0n) is 38.9. The second-order valence-electron chi connectivity index (χ2n) is 10.3. The predicted molar refractivity (Wildman–Crippen MR) is 258 cm³/mol. The van der Waals surface area contributed by atoms with Gasteiger partial charge in [-0.15, -0.1) is 24.3 Å². The number of benzene rings is 4. The van der Waals surface area contributed by atoms with Crippen LogP contribution in [0.15, 0.2) is 121 Å². The first kappa shape index (κ1) is 107. The van der Waals surface area contributed by atoms with Crippen molar-refractivity contribution >= 4 is 0 Å². The van der Waals surface area contributed by atoms with Crippen molar-refractivity contribution in [1.29, 1.82) is 0 Å². The number of aryl methyl sites for hydroxylation is 2. The Hall–Kier alpha value is 1.40. The first-order valence-corrected chi connectivity index (χ1v) is 17.1. The van der Waals surface area contributed by atoms with Crippen molar-refractivity contribution in [1.82, 2.24) is 0 Å². The number of hydrogen-bond donors (Lipinski definition) is 0. The molecule has 324 valence electrons. The van der Waals surface area contributed by atoms with Gasteiger partial charge in [0.15, 0.2) is 0 Å². The van der Waals surface area contributed by atoms with Crippen LogP contribution < -0.4 is 0 Å². The van der Waals surface area contributed by atoms with Gasteiger partial charge in [0.25, 0.3) is 0 Å². The SMILES string of the molecule is C.C.CCC.CCC.CCC.CCC.CCCc1ccccc1.CCCc1ccccc1.[CH2-]c1ccccc1.[CH2-]c1ccccc1.[CH3-].[CH3-].[CH3-].[CH3-].[CH3-].[CH3-].[La].[La].[La].[La]. The minimum absolute atomic E-state index is 0. The van der Waals surface area contributed by atoms with E-state index in [0.717, 1.165) is 11.1 Å². The third kappa shape index (κ3) is 106. The van der Waals surface area contributed by atoms with Crippen LogP contribution >= 0.6 is 0 Å². The summed E-state index contributed by atoms with van der Waals surface area (Å²) >= 11 is 0. The molecule has 0 spiro atoms. The van der Waals surface area contributed by atoms with Crippen molar-refractivity contribution < 1.29 is 142 Å². The van der Waals surface area contributed by atoms with E-state index in [1.807, 2.05) is 60.7 Å². The van der Waals surface area contributed by atoms with Gasteiger partial charge in [-0.25, -0.2) is 0 Å². The van der Waals surface area contributed by atoms with Gasteiger partial charge in [-0.05, 0) is 24.0 Å². The maximum atomic E-state index is 3.72. The molecular formula is C52H96La4-8. The van der Waals surface area contributed by atoms with Crippen LogP contribution in [0.1, 0.15) is 145 Å². The minimum Gasteiger partial charge on any atom is -0.358 e. The fourth-order valence-electron chi connectivity index (χ4n) is 2.82. The quantitative estimate of drug-likeness (QED) is 0.179. The first-order valence-electron chi connectivity index (χ1n) is 17.1. The molecule has 0 amide bonds. The molecule has 0 heterocycles. The van der Waals surface area contributed by atoms with Crippen molar-refractivity contribution in [2.45, 2.75) is 135 Å². The van der Waals surface area contributed by atoms with E-state index >= 15 is 0 Å². The molecule has 0 atom stereocenters. The summed E-state index contributed by atoms with van der Waals surface area (Å²) in [5.74, 6) is 0. The standard InChI is InChI=1S/2C9H12.2C7H7.4C3H8.2CH4.6CH3.4La/c2*1-2-6-9-7-4-3-5-8-9;2*1-7-5-3-2-4-6-7;4*1-3-2;;;;;;;;;;;;/h2*3-5,7-8H,2,6H2,1H3;2*2-6H,1H2;4*3H2,1-2H3;2*1H4;6*1H3;;;;/q;;2*-1;;;;;;;6*-1;;;;. The van der Waals surface area contributed by atoms with Gasteiger partial charge in [-0.3, -0.25) is 0 Å². The molecular weight excluding hydrogens is 1180 g/mol. The van der Waals surface area contributed by atoms with Crippen LogP contribution in [0.2, 0.25) is 0 Å². The van der Waals surface area contributed by atoms with Gasteiger partial charge in [-0.1, -0.05) is 195 Å². The summed E-state index contributed by atoms with van der Waals surface area (Å²) in [7, 11) is 0. The minimum atomic E-state index is 0. The van der Waals surface area contributed by atoms with E-state index in [9.17, 15) is 0 Å². The van der Waals surface area contributed by atoms with Gasteiger partial charge in [0.2, 0.25) is 0 Å². The Labute approximate surface area is 472 Å². The van der Waals surface area contributed by atoms with Crippen molar-refractivity contribution in [2.75, 3.05) is 0 Å². The molecule has 4 rings (SSSR count). The summed E-state index contributed by atoms with van der Waals surface area (Å²) in [6, 6.07) is 40.9. The normalized spacial score (nSPS) is 6.46. The Bertz CT molecular complexity index is 878. The number of hydrogen-bond acceptors (Lipinski definition) is 0. The molecule has 0 aromatic heterocycles. The Morgan fingerprint density at radius 2 is 0.446 bits per heavy atom. The summed E-state index contributed by atoms with van der Waals surface area (Å²) in [6.45, 7) is 28.8. The van der Waals surface area contributed by atoms with Gasteiger partial charge >= 0.3 is 0 Å². The number of rotatable bonds is 4. The molecule has 0 saturated heterocycles. The van der Waals surface area contributed by atoms with Crippen LogP contribution in [-0.2, 0) is 12.8 Å². The van der Waals surface area contributed by atoms with Crippen molar-refractivity contribution in [3.63, 3.8) is 0 Å². The first-order chi connectivity index (χ1) is 21.3. The van der Waals surface area contributed by atoms with Crippen LogP contribution in [0.4, 0.5) is 0 Å². The average molecular weight is 1280 g/mol. The zero-order chi connectivity index (χ0) is 34.1. The molecule has 0 nitrogen and oxygen atoms in total. The van der Waals surface area contributed by atoms with E-state index in [1.54, 1.807) is 0 Å². The van der Waals surface area contributed by atoms with Crippen LogP contribution in [0.3, 0.4) is 0 Å². The summed E-state index contributed by atoms with van der Waals surface area (Å²) in [6.07, 6.45) is 9.90. The topological polar surface area (TPSA) is 0 Å². The monoisotopic (exact) mass is 1280 g/mol. The smallest absolute Gasteiger partial charge is 0 e. The van der Waals surface area contributed by atoms with E-state index < -0.39 is 0 Å².